The number of amides is 1. The number of carbonyl (C=O) groups is 1. The Bertz CT molecular complexity index is 532. The lowest BCUT2D eigenvalue weighted by Gasteiger charge is -2.40. The molecule has 1 amide bonds. The molecule has 112 valence electrons. The molecule has 0 unspecified atom stereocenters. The minimum absolute atomic E-state index is 0.256. The van der Waals surface area contributed by atoms with Crippen molar-refractivity contribution in [3.63, 3.8) is 0 Å². The molecule has 0 radical (unpaired) electrons. The van der Waals surface area contributed by atoms with Gasteiger partial charge in [-0.25, -0.2) is 0 Å². The van der Waals surface area contributed by atoms with Crippen molar-refractivity contribution in [1.29, 1.82) is 0 Å². The maximum absolute atomic E-state index is 13.0. The molecule has 0 aromatic heterocycles. The van der Waals surface area contributed by atoms with E-state index in [1.807, 2.05) is 23.1 Å². The van der Waals surface area contributed by atoms with E-state index in [0.717, 1.165) is 37.8 Å². The molecule has 1 aromatic rings. The highest BCUT2D eigenvalue weighted by atomic mass is 16.7. The monoisotopic (exact) mass is 287 g/mol. The Morgan fingerprint density at radius 1 is 1.05 bits per heavy atom. The molecule has 1 aromatic carbocycles. The SMILES string of the molecule is O=C(N1CCCC2(C1)OCCO2)C1(c2ccccc2)CC1. The summed E-state index contributed by atoms with van der Waals surface area (Å²) in [5.74, 6) is -0.271. The third-order valence-corrected chi connectivity index (χ3v) is 5.00. The van der Waals surface area contributed by atoms with Crippen LogP contribution in [0.4, 0.5) is 0 Å². The van der Waals surface area contributed by atoms with E-state index >= 15 is 0 Å². The summed E-state index contributed by atoms with van der Waals surface area (Å²) in [5, 5.41) is 0. The minimum Gasteiger partial charge on any atom is -0.346 e. The van der Waals surface area contributed by atoms with Crippen LogP contribution in [0.2, 0.25) is 0 Å². The Hall–Kier alpha value is -1.39. The van der Waals surface area contributed by atoms with Crippen LogP contribution in [-0.2, 0) is 19.7 Å². The van der Waals surface area contributed by atoms with Crippen LogP contribution in [0.3, 0.4) is 0 Å². The molecule has 2 aliphatic heterocycles. The highest BCUT2D eigenvalue weighted by Gasteiger charge is 2.54. The quantitative estimate of drug-likeness (QED) is 0.836. The van der Waals surface area contributed by atoms with E-state index in [9.17, 15) is 4.79 Å². The number of benzene rings is 1. The summed E-state index contributed by atoms with van der Waals surface area (Å²) in [5.41, 5.74) is 0.876. The van der Waals surface area contributed by atoms with E-state index in [-0.39, 0.29) is 11.3 Å². The zero-order valence-electron chi connectivity index (χ0n) is 12.2. The lowest BCUT2D eigenvalue weighted by molar-refractivity contribution is -0.194. The molecule has 0 bridgehead atoms. The normalized spacial score (nSPS) is 26.0. The molecule has 21 heavy (non-hydrogen) atoms. The van der Waals surface area contributed by atoms with Gasteiger partial charge in [0.25, 0.3) is 0 Å². The standard InChI is InChI=1S/C17H21NO3/c19-15(16(8-9-16)14-5-2-1-3-6-14)18-10-4-7-17(13-18)20-11-12-21-17/h1-3,5-6H,4,7-13H2. The van der Waals surface area contributed by atoms with Crippen molar-refractivity contribution >= 4 is 5.91 Å². The number of carbonyl (C=O) groups excluding carboxylic acids is 1. The Morgan fingerprint density at radius 2 is 1.76 bits per heavy atom. The van der Waals surface area contributed by atoms with Gasteiger partial charge in [0.1, 0.15) is 0 Å². The zero-order chi connectivity index (χ0) is 14.3. The summed E-state index contributed by atoms with van der Waals surface area (Å²) < 4.78 is 11.6. The smallest absolute Gasteiger partial charge is 0.233 e. The average molecular weight is 287 g/mol. The minimum atomic E-state index is -0.527. The fraction of sp³-hybridized carbons (Fsp3) is 0.588. The van der Waals surface area contributed by atoms with Crippen LogP contribution in [0, 0.1) is 0 Å². The Kier molecular flexibility index (Phi) is 3.05. The van der Waals surface area contributed by atoms with E-state index in [2.05, 4.69) is 12.1 Å². The van der Waals surface area contributed by atoms with Gasteiger partial charge in [0.05, 0.1) is 25.2 Å². The number of hydrogen-bond donors (Lipinski definition) is 0. The molecule has 3 fully saturated rings. The van der Waals surface area contributed by atoms with Crippen molar-refractivity contribution in [2.24, 2.45) is 0 Å². The molecule has 4 nitrogen and oxygen atoms in total. The maximum Gasteiger partial charge on any atom is 0.233 e. The fourth-order valence-corrected chi connectivity index (χ4v) is 3.71. The highest BCUT2D eigenvalue weighted by Crippen LogP contribution is 2.50. The van der Waals surface area contributed by atoms with Crippen molar-refractivity contribution < 1.29 is 14.3 Å². The maximum atomic E-state index is 13.0. The molecule has 4 rings (SSSR count). The van der Waals surface area contributed by atoms with Crippen LogP contribution < -0.4 is 0 Å². The summed E-state index contributed by atoms with van der Waals surface area (Å²) in [6.07, 6.45) is 3.77. The Morgan fingerprint density at radius 3 is 2.43 bits per heavy atom. The molecule has 4 heteroatoms. The van der Waals surface area contributed by atoms with E-state index in [1.165, 1.54) is 0 Å². The first-order chi connectivity index (χ1) is 10.2. The van der Waals surface area contributed by atoms with Crippen LogP contribution in [0.25, 0.3) is 0 Å². The third kappa shape index (κ3) is 2.17. The Balaban J connectivity index is 1.55. The largest absolute Gasteiger partial charge is 0.346 e. The lowest BCUT2D eigenvalue weighted by atomic mass is 9.92. The predicted molar refractivity (Wildman–Crippen MR) is 77.8 cm³/mol. The van der Waals surface area contributed by atoms with E-state index in [1.54, 1.807) is 0 Å². The van der Waals surface area contributed by atoms with Gasteiger partial charge in [-0.2, -0.15) is 0 Å². The van der Waals surface area contributed by atoms with Crippen LogP contribution in [0.1, 0.15) is 31.2 Å². The van der Waals surface area contributed by atoms with Crippen LogP contribution in [0.5, 0.6) is 0 Å². The van der Waals surface area contributed by atoms with Gasteiger partial charge < -0.3 is 14.4 Å². The number of ether oxygens (including phenoxy) is 2. The van der Waals surface area contributed by atoms with Crippen molar-refractivity contribution in [1.82, 2.24) is 4.90 Å². The van der Waals surface area contributed by atoms with Crippen molar-refractivity contribution in [3.8, 4) is 0 Å². The molecule has 3 aliphatic rings. The van der Waals surface area contributed by atoms with Gasteiger partial charge in [0.2, 0.25) is 5.91 Å². The molecule has 2 heterocycles. The van der Waals surface area contributed by atoms with E-state index < -0.39 is 5.79 Å². The van der Waals surface area contributed by atoms with Gasteiger partial charge >= 0.3 is 0 Å². The molecule has 1 spiro atoms. The van der Waals surface area contributed by atoms with E-state index in [4.69, 9.17) is 9.47 Å². The van der Waals surface area contributed by atoms with Crippen LogP contribution in [0.15, 0.2) is 30.3 Å². The molecular formula is C17H21NO3. The van der Waals surface area contributed by atoms with Crippen molar-refractivity contribution in [2.75, 3.05) is 26.3 Å². The topological polar surface area (TPSA) is 38.8 Å². The first kappa shape index (κ1) is 13.3. The predicted octanol–water partition coefficient (Wildman–Crippen LogP) is 2.08. The molecular weight excluding hydrogens is 266 g/mol. The van der Waals surface area contributed by atoms with Crippen LogP contribution >= 0.6 is 0 Å². The van der Waals surface area contributed by atoms with Crippen LogP contribution in [-0.4, -0.2) is 42.9 Å². The van der Waals surface area contributed by atoms with Gasteiger partial charge in [-0.05, 0) is 24.8 Å². The third-order valence-electron chi connectivity index (χ3n) is 5.00. The molecule has 0 atom stereocenters. The molecule has 0 N–H and O–H groups in total. The summed E-state index contributed by atoms with van der Waals surface area (Å²) in [6, 6.07) is 10.2. The van der Waals surface area contributed by atoms with E-state index in [0.29, 0.717) is 19.8 Å². The van der Waals surface area contributed by atoms with Gasteiger partial charge in [0.15, 0.2) is 5.79 Å². The number of hydrogen-bond acceptors (Lipinski definition) is 3. The fourth-order valence-electron chi connectivity index (χ4n) is 3.71. The summed E-state index contributed by atoms with van der Waals surface area (Å²) in [4.78, 5) is 15.0. The van der Waals surface area contributed by atoms with Crippen molar-refractivity contribution in [2.45, 2.75) is 36.9 Å². The molecule has 1 aliphatic carbocycles. The second kappa shape index (κ2) is 4.82. The number of piperidine rings is 1. The second-order valence-corrected chi connectivity index (χ2v) is 6.39. The van der Waals surface area contributed by atoms with Gasteiger partial charge in [-0.3, -0.25) is 4.79 Å². The Labute approximate surface area is 125 Å². The van der Waals surface area contributed by atoms with Gasteiger partial charge in [-0.15, -0.1) is 0 Å². The summed E-state index contributed by atoms with van der Waals surface area (Å²) in [7, 11) is 0. The lowest BCUT2D eigenvalue weighted by Crippen LogP contribution is -2.53. The average Bonchev–Trinajstić information content (AvgIpc) is 3.24. The number of likely N-dealkylation sites (tertiary alicyclic amines) is 1. The molecule has 1 saturated carbocycles. The first-order valence-corrected chi connectivity index (χ1v) is 7.87. The highest BCUT2D eigenvalue weighted by molar-refractivity contribution is 5.91. The summed E-state index contributed by atoms with van der Waals surface area (Å²) >= 11 is 0. The second-order valence-electron chi connectivity index (χ2n) is 6.39. The first-order valence-electron chi connectivity index (χ1n) is 7.87. The van der Waals surface area contributed by atoms with Gasteiger partial charge in [-0.1, -0.05) is 30.3 Å². The number of rotatable bonds is 2. The number of nitrogens with zero attached hydrogens (tertiary/aromatic N) is 1. The summed E-state index contributed by atoms with van der Waals surface area (Å²) in [6.45, 7) is 2.69. The molecule has 2 saturated heterocycles. The van der Waals surface area contributed by atoms with Crippen molar-refractivity contribution in [3.05, 3.63) is 35.9 Å². The van der Waals surface area contributed by atoms with Gasteiger partial charge in [0, 0.05) is 13.0 Å². The zero-order valence-corrected chi connectivity index (χ0v) is 12.2.